The number of hydrogen-bond donors (Lipinski definition) is 1. The maximum absolute atomic E-state index is 9.47. The first-order chi connectivity index (χ1) is 7.79. The second kappa shape index (κ2) is 5.35. The predicted molar refractivity (Wildman–Crippen MR) is 64.7 cm³/mol. The SMILES string of the molecule is COc1ccccc1CC1CCC(O)CC1. The molecule has 1 saturated carbocycles. The van der Waals surface area contributed by atoms with Gasteiger partial charge in [0.1, 0.15) is 5.75 Å². The molecule has 1 fully saturated rings. The molecule has 1 aromatic carbocycles. The quantitative estimate of drug-likeness (QED) is 0.848. The summed E-state index contributed by atoms with van der Waals surface area (Å²) < 4.78 is 5.36. The molecule has 0 heterocycles. The van der Waals surface area contributed by atoms with E-state index in [1.54, 1.807) is 7.11 Å². The average molecular weight is 220 g/mol. The Morgan fingerprint density at radius 1 is 1.19 bits per heavy atom. The van der Waals surface area contributed by atoms with E-state index in [1.807, 2.05) is 12.1 Å². The van der Waals surface area contributed by atoms with Crippen LogP contribution < -0.4 is 4.74 Å². The van der Waals surface area contributed by atoms with Crippen molar-refractivity contribution in [2.75, 3.05) is 7.11 Å². The number of ether oxygens (including phenoxy) is 1. The maximum Gasteiger partial charge on any atom is 0.122 e. The van der Waals surface area contributed by atoms with Gasteiger partial charge in [-0.1, -0.05) is 18.2 Å². The molecule has 0 saturated heterocycles. The van der Waals surface area contributed by atoms with Gasteiger partial charge in [0, 0.05) is 0 Å². The fourth-order valence-corrected chi connectivity index (χ4v) is 2.53. The van der Waals surface area contributed by atoms with E-state index >= 15 is 0 Å². The van der Waals surface area contributed by atoms with Crippen LogP contribution in [0.25, 0.3) is 0 Å². The Balaban J connectivity index is 1.98. The first-order valence-electron chi connectivity index (χ1n) is 6.09. The van der Waals surface area contributed by atoms with Crippen molar-refractivity contribution in [1.82, 2.24) is 0 Å². The van der Waals surface area contributed by atoms with Gasteiger partial charge in [0.15, 0.2) is 0 Å². The molecule has 1 aliphatic rings. The lowest BCUT2D eigenvalue weighted by molar-refractivity contribution is 0.108. The van der Waals surface area contributed by atoms with Gasteiger partial charge in [-0.3, -0.25) is 0 Å². The van der Waals surface area contributed by atoms with E-state index in [4.69, 9.17) is 4.74 Å². The van der Waals surface area contributed by atoms with Crippen molar-refractivity contribution in [3.63, 3.8) is 0 Å². The van der Waals surface area contributed by atoms with Gasteiger partial charge in [0.25, 0.3) is 0 Å². The van der Waals surface area contributed by atoms with Gasteiger partial charge < -0.3 is 9.84 Å². The van der Waals surface area contributed by atoms with Gasteiger partial charge in [-0.05, 0) is 49.7 Å². The van der Waals surface area contributed by atoms with Gasteiger partial charge in [0.05, 0.1) is 13.2 Å². The topological polar surface area (TPSA) is 29.5 Å². The van der Waals surface area contributed by atoms with Crippen LogP contribution in [0.1, 0.15) is 31.2 Å². The predicted octanol–water partition coefficient (Wildman–Crippen LogP) is 2.79. The Kier molecular flexibility index (Phi) is 3.83. The lowest BCUT2D eigenvalue weighted by atomic mass is 9.83. The largest absolute Gasteiger partial charge is 0.496 e. The summed E-state index contributed by atoms with van der Waals surface area (Å²) in [7, 11) is 1.73. The fraction of sp³-hybridized carbons (Fsp3) is 0.571. The number of methoxy groups -OCH3 is 1. The van der Waals surface area contributed by atoms with Gasteiger partial charge in [-0.2, -0.15) is 0 Å². The summed E-state index contributed by atoms with van der Waals surface area (Å²) in [5.74, 6) is 1.70. The molecule has 2 rings (SSSR count). The Labute approximate surface area is 97.3 Å². The molecule has 0 spiro atoms. The van der Waals surface area contributed by atoms with E-state index in [9.17, 15) is 5.11 Å². The Morgan fingerprint density at radius 2 is 1.88 bits per heavy atom. The standard InChI is InChI=1S/C14H20O2/c1-16-14-5-3-2-4-12(14)10-11-6-8-13(15)9-7-11/h2-5,11,13,15H,6-10H2,1H3. The third-order valence-electron chi connectivity index (χ3n) is 3.52. The molecule has 0 atom stereocenters. The van der Waals surface area contributed by atoms with E-state index < -0.39 is 0 Å². The van der Waals surface area contributed by atoms with Gasteiger partial charge in [0.2, 0.25) is 0 Å². The maximum atomic E-state index is 9.47. The van der Waals surface area contributed by atoms with Crippen LogP contribution in [-0.4, -0.2) is 18.3 Å². The molecule has 0 radical (unpaired) electrons. The Hall–Kier alpha value is -1.02. The Morgan fingerprint density at radius 3 is 2.56 bits per heavy atom. The lowest BCUT2D eigenvalue weighted by Gasteiger charge is -2.25. The average Bonchev–Trinajstić information content (AvgIpc) is 2.33. The number of benzene rings is 1. The van der Waals surface area contributed by atoms with Crippen LogP contribution in [0.2, 0.25) is 0 Å². The molecular formula is C14H20O2. The van der Waals surface area contributed by atoms with Crippen LogP contribution in [0.3, 0.4) is 0 Å². The second-order valence-corrected chi connectivity index (χ2v) is 4.69. The first kappa shape index (κ1) is 11.5. The minimum atomic E-state index is -0.0612. The zero-order chi connectivity index (χ0) is 11.4. The monoisotopic (exact) mass is 220 g/mol. The van der Waals surface area contributed by atoms with E-state index in [-0.39, 0.29) is 6.10 Å². The van der Waals surface area contributed by atoms with Crippen molar-refractivity contribution in [1.29, 1.82) is 0 Å². The Bertz CT molecular complexity index is 327. The highest BCUT2D eigenvalue weighted by molar-refractivity contribution is 5.33. The lowest BCUT2D eigenvalue weighted by Crippen LogP contribution is -2.19. The smallest absolute Gasteiger partial charge is 0.122 e. The zero-order valence-corrected chi connectivity index (χ0v) is 9.86. The van der Waals surface area contributed by atoms with Crippen molar-refractivity contribution in [2.24, 2.45) is 5.92 Å². The highest BCUT2D eigenvalue weighted by Gasteiger charge is 2.20. The molecule has 1 N–H and O–H groups in total. The highest BCUT2D eigenvalue weighted by Crippen LogP contribution is 2.30. The highest BCUT2D eigenvalue weighted by atomic mass is 16.5. The van der Waals surface area contributed by atoms with Gasteiger partial charge >= 0.3 is 0 Å². The molecule has 0 amide bonds. The summed E-state index contributed by atoms with van der Waals surface area (Å²) in [5.41, 5.74) is 1.30. The number of aliphatic hydroxyl groups is 1. The number of para-hydroxylation sites is 1. The molecule has 1 aliphatic carbocycles. The van der Waals surface area contributed by atoms with E-state index in [2.05, 4.69) is 12.1 Å². The molecule has 0 aromatic heterocycles. The fourth-order valence-electron chi connectivity index (χ4n) is 2.53. The van der Waals surface area contributed by atoms with Crippen LogP contribution in [0.15, 0.2) is 24.3 Å². The number of aliphatic hydroxyl groups excluding tert-OH is 1. The van der Waals surface area contributed by atoms with Crippen molar-refractivity contribution in [3.8, 4) is 5.75 Å². The minimum absolute atomic E-state index is 0.0612. The van der Waals surface area contributed by atoms with Crippen LogP contribution in [0, 0.1) is 5.92 Å². The van der Waals surface area contributed by atoms with Crippen LogP contribution in [0.5, 0.6) is 5.75 Å². The summed E-state index contributed by atoms with van der Waals surface area (Å²) in [6.07, 6.45) is 5.21. The molecule has 0 unspecified atom stereocenters. The number of rotatable bonds is 3. The summed E-state index contributed by atoms with van der Waals surface area (Å²) >= 11 is 0. The van der Waals surface area contributed by atoms with Gasteiger partial charge in [-0.15, -0.1) is 0 Å². The third-order valence-corrected chi connectivity index (χ3v) is 3.52. The van der Waals surface area contributed by atoms with E-state index in [1.165, 1.54) is 5.56 Å². The van der Waals surface area contributed by atoms with Crippen molar-refractivity contribution < 1.29 is 9.84 Å². The molecule has 88 valence electrons. The molecule has 16 heavy (non-hydrogen) atoms. The van der Waals surface area contributed by atoms with E-state index in [0.717, 1.165) is 37.9 Å². The van der Waals surface area contributed by atoms with Crippen molar-refractivity contribution in [2.45, 2.75) is 38.2 Å². The zero-order valence-electron chi connectivity index (χ0n) is 9.86. The molecule has 0 aliphatic heterocycles. The molecule has 0 bridgehead atoms. The molecule has 2 heteroatoms. The summed E-state index contributed by atoms with van der Waals surface area (Å²) in [4.78, 5) is 0. The van der Waals surface area contributed by atoms with Crippen molar-refractivity contribution >= 4 is 0 Å². The summed E-state index contributed by atoms with van der Waals surface area (Å²) in [6, 6.07) is 8.24. The third kappa shape index (κ3) is 2.76. The molecule has 2 nitrogen and oxygen atoms in total. The molecular weight excluding hydrogens is 200 g/mol. The molecule has 1 aromatic rings. The van der Waals surface area contributed by atoms with Crippen LogP contribution in [-0.2, 0) is 6.42 Å². The minimum Gasteiger partial charge on any atom is -0.496 e. The van der Waals surface area contributed by atoms with Crippen LogP contribution >= 0.6 is 0 Å². The van der Waals surface area contributed by atoms with Crippen molar-refractivity contribution in [3.05, 3.63) is 29.8 Å². The van der Waals surface area contributed by atoms with Crippen LogP contribution in [0.4, 0.5) is 0 Å². The second-order valence-electron chi connectivity index (χ2n) is 4.69. The summed E-state index contributed by atoms with van der Waals surface area (Å²) in [5, 5.41) is 9.47. The first-order valence-corrected chi connectivity index (χ1v) is 6.09. The van der Waals surface area contributed by atoms with Gasteiger partial charge in [-0.25, -0.2) is 0 Å². The summed E-state index contributed by atoms with van der Waals surface area (Å²) in [6.45, 7) is 0. The van der Waals surface area contributed by atoms with E-state index in [0.29, 0.717) is 5.92 Å². The normalized spacial score (nSPS) is 25.4. The number of hydrogen-bond acceptors (Lipinski definition) is 2.